The molecule has 0 radical (unpaired) electrons. The van der Waals surface area contributed by atoms with Crippen molar-refractivity contribution in [2.24, 2.45) is 11.8 Å². The van der Waals surface area contributed by atoms with Crippen LogP contribution >= 0.6 is 0 Å². The second-order valence-electron chi connectivity index (χ2n) is 7.31. The van der Waals surface area contributed by atoms with Crippen molar-refractivity contribution in [1.29, 1.82) is 0 Å². The van der Waals surface area contributed by atoms with Gasteiger partial charge in [-0.15, -0.1) is 0 Å². The van der Waals surface area contributed by atoms with Gasteiger partial charge in [-0.05, 0) is 51.5 Å². The topological polar surface area (TPSA) is 62.0 Å². The maximum absolute atomic E-state index is 12.8. The summed E-state index contributed by atoms with van der Waals surface area (Å²) in [5.74, 6) is 1.33. The number of nitrogens with one attached hydrogen (secondary N) is 2. The molecule has 1 saturated carbocycles. The second kappa shape index (κ2) is 7.00. The molecule has 1 aromatic heterocycles. The summed E-state index contributed by atoms with van der Waals surface area (Å²) in [5.41, 5.74) is 2.79. The van der Waals surface area contributed by atoms with Crippen LogP contribution in [0.5, 0.6) is 0 Å². The van der Waals surface area contributed by atoms with Crippen LogP contribution in [-0.4, -0.2) is 28.6 Å². The molecule has 128 valence electrons. The number of hydrogen-bond acceptors (Lipinski definition) is 3. The molecule has 0 aliphatic heterocycles. The van der Waals surface area contributed by atoms with E-state index in [0.717, 1.165) is 17.7 Å². The number of H-pyrrole nitrogens is 1. The molecule has 4 atom stereocenters. The fourth-order valence-electron chi connectivity index (χ4n) is 3.96. The number of hydrogen-bond donors (Lipinski definition) is 2. The highest BCUT2D eigenvalue weighted by Crippen LogP contribution is 2.30. The minimum atomic E-state index is -0.246. The molecule has 0 saturated heterocycles. The smallest absolute Gasteiger partial charge is 0.195 e. The molecule has 1 aliphatic carbocycles. The maximum Gasteiger partial charge on any atom is 0.195 e. The summed E-state index contributed by atoms with van der Waals surface area (Å²) >= 11 is 0. The Morgan fingerprint density at radius 1 is 1.22 bits per heavy atom. The summed E-state index contributed by atoms with van der Waals surface area (Å²) in [7, 11) is 0. The van der Waals surface area contributed by atoms with Gasteiger partial charge in [0.1, 0.15) is 0 Å². The summed E-state index contributed by atoms with van der Waals surface area (Å²) in [5, 5.41) is 3.53. The number of aryl methyl sites for hydroxylation is 1. The molecule has 1 aliphatic rings. The summed E-state index contributed by atoms with van der Waals surface area (Å²) in [4.78, 5) is 27.7. The normalized spacial score (nSPS) is 26.1. The van der Waals surface area contributed by atoms with Crippen molar-refractivity contribution in [2.45, 2.75) is 72.9 Å². The lowest BCUT2D eigenvalue weighted by Gasteiger charge is -2.36. The molecule has 1 heterocycles. The number of aromatic nitrogens is 1. The molecular formula is C19H30N2O2. The van der Waals surface area contributed by atoms with Crippen molar-refractivity contribution in [2.75, 3.05) is 0 Å². The highest BCUT2D eigenvalue weighted by molar-refractivity contribution is 6.05. The molecule has 0 unspecified atom stereocenters. The van der Waals surface area contributed by atoms with Gasteiger partial charge >= 0.3 is 0 Å². The van der Waals surface area contributed by atoms with E-state index in [2.05, 4.69) is 24.1 Å². The molecule has 4 nitrogen and oxygen atoms in total. The molecular weight excluding hydrogens is 288 g/mol. The minimum Gasteiger partial charge on any atom is -0.355 e. The number of carbonyl (C=O) groups excluding carboxylic acids is 2. The second-order valence-corrected chi connectivity index (χ2v) is 7.31. The highest BCUT2D eigenvalue weighted by atomic mass is 16.1. The maximum atomic E-state index is 12.8. The molecule has 2 N–H and O–H groups in total. The highest BCUT2D eigenvalue weighted by Gasteiger charge is 2.30. The van der Waals surface area contributed by atoms with Crippen molar-refractivity contribution in [1.82, 2.24) is 10.3 Å². The molecule has 0 spiro atoms. The van der Waals surface area contributed by atoms with Crippen molar-refractivity contribution in [3.05, 3.63) is 22.5 Å². The molecule has 0 amide bonds. The lowest BCUT2D eigenvalue weighted by atomic mass is 9.77. The number of rotatable bonds is 5. The van der Waals surface area contributed by atoms with E-state index >= 15 is 0 Å². The molecule has 0 bridgehead atoms. The van der Waals surface area contributed by atoms with Gasteiger partial charge < -0.3 is 10.3 Å². The molecule has 1 fully saturated rings. The van der Waals surface area contributed by atoms with E-state index in [-0.39, 0.29) is 17.6 Å². The van der Waals surface area contributed by atoms with E-state index in [1.165, 1.54) is 12.8 Å². The van der Waals surface area contributed by atoms with Crippen molar-refractivity contribution < 1.29 is 9.59 Å². The van der Waals surface area contributed by atoms with Gasteiger partial charge in [0.05, 0.1) is 11.7 Å². The first-order valence-electron chi connectivity index (χ1n) is 8.74. The first kappa shape index (κ1) is 17.9. The van der Waals surface area contributed by atoms with Crippen molar-refractivity contribution >= 4 is 11.6 Å². The summed E-state index contributed by atoms with van der Waals surface area (Å²) < 4.78 is 0. The predicted octanol–water partition coefficient (Wildman–Crippen LogP) is 3.82. The van der Waals surface area contributed by atoms with Gasteiger partial charge in [0, 0.05) is 17.3 Å². The summed E-state index contributed by atoms with van der Waals surface area (Å²) in [6, 6.07) is 0.144. The number of Topliss-reactive ketones (excluding diaryl/α,β-unsaturated/α-hetero) is 2. The standard InChI is InChI=1S/C19H30N2O2/c1-10-8-7-9-16(11(10)2)20-14(5)19(23)18-12(3)17(15(6)22)13(4)21-18/h10-11,14,16,20-21H,7-9H2,1-6H3/t10-,11-,14+,16-/m0/s1. The van der Waals surface area contributed by atoms with Crippen LogP contribution in [0.1, 0.15) is 79.1 Å². The lowest BCUT2D eigenvalue weighted by Crippen LogP contribution is -2.47. The predicted molar refractivity (Wildman–Crippen MR) is 93.2 cm³/mol. The largest absolute Gasteiger partial charge is 0.355 e. The van der Waals surface area contributed by atoms with Crippen LogP contribution < -0.4 is 5.32 Å². The van der Waals surface area contributed by atoms with Crippen molar-refractivity contribution in [3.8, 4) is 0 Å². The van der Waals surface area contributed by atoms with Gasteiger partial charge in [-0.3, -0.25) is 9.59 Å². The van der Waals surface area contributed by atoms with Crippen LogP contribution in [-0.2, 0) is 0 Å². The third kappa shape index (κ3) is 3.57. The molecule has 23 heavy (non-hydrogen) atoms. The fourth-order valence-corrected chi connectivity index (χ4v) is 3.96. The molecule has 0 aromatic carbocycles. The Bertz CT molecular complexity index is 603. The van der Waals surface area contributed by atoms with Crippen LogP contribution in [0.4, 0.5) is 0 Å². The van der Waals surface area contributed by atoms with Gasteiger partial charge in [0.2, 0.25) is 0 Å². The zero-order valence-corrected chi connectivity index (χ0v) is 15.2. The quantitative estimate of drug-likeness (QED) is 0.811. The zero-order chi connectivity index (χ0) is 17.3. The SMILES string of the molecule is CC(=O)c1c(C)[nH]c(C(=O)[C@@H](C)N[C@H]2CCC[C@H](C)[C@@H]2C)c1C. The number of aromatic amines is 1. The van der Waals surface area contributed by atoms with Crippen LogP contribution in [0, 0.1) is 25.7 Å². The molecule has 1 aromatic rings. The van der Waals surface area contributed by atoms with E-state index < -0.39 is 0 Å². The molecule has 4 heteroatoms. The monoisotopic (exact) mass is 318 g/mol. The molecule has 2 rings (SSSR count). The van der Waals surface area contributed by atoms with Crippen LogP contribution in [0.3, 0.4) is 0 Å². The minimum absolute atomic E-state index is 0.00522. The first-order chi connectivity index (χ1) is 10.7. The van der Waals surface area contributed by atoms with E-state index in [0.29, 0.717) is 29.1 Å². The Balaban J connectivity index is 2.14. The fraction of sp³-hybridized carbons (Fsp3) is 0.684. The van der Waals surface area contributed by atoms with Crippen LogP contribution in [0.2, 0.25) is 0 Å². The Morgan fingerprint density at radius 2 is 1.87 bits per heavy atom. The van der Waals surface area contributed by atoms with Gasteiger partial charge in [-0.25, -0.2) is 0 Å². The van der Waals surface area contributed by atoms with Crippen LogP contribution in [0.15, 0.2) is 0 Å². The first-order valence-corrected chi connectivity index (χ1v) is 8.74. The third-order valence-electron chi connectivity index (χ3n) is 5.60. The summed E-state index contributed by atoms with van der Waals surface area (Å²) in [6.07, 6.45) is 3.63. The Hall–Kier alpha value is -1.42. The van der Waals surface area contributed by atoms with Crippen molar-refractivity contribution in [3.63, 3.8) is 0 Å². The van der Waals surface area contributed by atoms with Gasteiger partial charge in [0.15, 0.2) is 11.6 Å². The number of carbonyl (C=O) groups is 2. The van der Waals surface area contributed by atoms with Gasteiger partial charge in [0.25, 0.3) is 0 Å². The Labute approximate surface area is 139 Å². The number of ketones is 2. The van der Waals surface area contributed by atoms with Crippen LogP contribution in [0.25, 0.3) is 0 Å². The van der Waals surface area contributed by atoms with E-state index in [1.807, 2.05) is 20.8 Å². The summed E-state index contributed by atoms with van der Waals surface area (Å²) in [6.45, 7) is 11.7. The third-order valence-corrected chi connectivity index (χ3v) is 5.60. The Kier molecular flexibility index (Phi) is 5.45. The van der Waals surface area contributed by atoms with E-state index in [1.54, 1.807) is 6.92 Å². The zero-order valence-electron chi connectivity index (χ0n) is 15.2. The Morgan fingerprint density at radius 3 is 2.43 bits per heavy atom. The van der Waals surface area contributed by atoms with E-state index in [9.17, 15) is 9.59 Å². The average Bonchev–Trinajstić information content (AvgIpc) is 2.78. The van der Waals surface area contributed by atoms with E-state index in [4.69, 9.17) is 0 Å². The average molecular weight is 318 g/mol. The van der Waals surface area contributed by atoms with Gasteiger partial charge in [-0.2, -0.15) is 0 Å². The lowest BCUT2D eigenvalue weighted by molar-refractivity contribution is 0.0917. The van der Waals surface area contributed by atoms with Gasteiger partial charge in [-0.1, -0.05) is 26.7 Å².